The van der Waals surface area contributed by atoms with E-state index in [0.29, 0.717) is 6.42 Å². The molecule has 0 spiro atoms. The van der Waals surface area contributed by atoms with E-state index in [0.717, 1.165) is 4.44 Å². The van der Waals surface area contributed by atoms with E-state index < -0.39 is 11.7 Å². The Kier molecular flexibility index (Phi) is 5.51. The van der Waals surface area contributed by atoms with Crippen molar-refractivity contribution in [3.8, 4) is 6.07 Å². The van der Waals surface area contributed by atoms with Gasteiger partial charge >= 0.3 is 72.0 Å². The molecule has 0 aromatic rings. The zero-order chi connectivity index (χ0) is 6.62. The van der Waals surface area contributed by atoms with Crippen LogP contribution in [0.2, 0.25) is 4.44 Å². The van der Waals surface area contributed by atoms with Gasteiger partial charge in [-0.3, -0.25) is 0 Å². The third-order valence-electron chi connectivity index (χ3n) is 0.520. The Hall–Kier alpha value is 1.73. The number of nitrogens with zero attached hydrogens (tertiary/aromatic N) is 1. The summed E-state index contributed by atoms with van der Waals surface area (Å²) >= 11 is 8.32. The molecular formula is C3H4Br3NSn. The Labute approximate surface area is 71.0 Å². The molecule has 0 aliphatic heterocycles. The molecule has 5 heteroatoms. The van der Waals surface area contributed by atoms with E-state index in [1.807, 2.05) is 0 Å². The van der Waals surface area contributed by atoms with Crippen LogP contribution in [0.5, 0.6) is 0 Å². The van der Waals surface area contributed by atoms with Gasteiger partial charge in [-0.1, -0.05) is 0 Å². The van der Waals surface area contributed by atoms with Gasteiger partial charge in [-0.25, -0.2) is 0 Å². The van der Waals surface area contributed by atoms with Crippen molar-refractivity contribution < 1.29 is 0 Å². The van der Waals surface area contributed by atoms with Crippen LogP contribution in [0.15, 0.2) is 0 Å². The minimum absolute atomic E-state index is 0.637. The second-order valence-corrected chi connectivity index (χ2v) is 54.9. The third kappa shape index (κ3) is 7.73. The molecule has 0 N–H and O–H groups in total. The summed E-state index contributed by atoms with van der Waals surface area (Å²) < 4.78 is 0.963. The Morgan fingerprint density at radius 2 is 1.88 bits per heavy atom. The zero-order valence-electron chi connectivity index (χ0n) is 4.00. The second-order valence-electron chi connectivity index (χ2n) is 1.27. The van der Waals surface area contributed by atoms with Crippen LogP contribution in [-0.4, -0.2) is 11.7 Å². The molecule has 0 bridgehead atoms. The summed E-state index contributed by atoms with van der Waals surface area (Å²) in [5, 5.41) is 8.15. The fourth-order valence-electron chi connectivity index (χ4n) is 0.198. The molecule has 0 aromatic carbocycles. The molecule has 0 unspecified atom stereocenters. The van der Waals surface area contributed by atoms with Gasteiger partial charge in [0.1, 0.15) is 0 Å². The molecule has 0 aliphatic rings. The normalized spacial score (nSPS) is 10.8. The van der Waals surface area contributed by atoms with Crippen LogP contribution in [0.4, 0.5) is 0 Å². The van der Waals surface area contributed by atoms with Gasteiger partial charge in [0.25, 0.3) is 0 Å². The van der Waals surface area contributed by atoms with Crippen LogP contribution in [0.3, 0.4) is 0 Å². The Bertz CT molecular complexity index is 102. The summed E-state index contributed by atoms with van der Waals surface area (Å²) in [7, 11) is 0. The summed E-state index contributed by atoms with van der Waals surface area (Å²) in [6.45, 7) is 0. The van der Waals surface area contributed by atoms with Gasteiger partial charge in [0.15, 0.2) is 0 Å². The van der Waals surface area contributed by atoms with Crippen molar-refractivity contribution in [3.63, 3.8) is 0 Å². The van der Waals surface area contributed by atoms with Gasteiger partial charge < -0.3 is 0 Å². The van der Waals surface area contributed by atoms with Gasteiger partial charge in [0, 0.05) is 0 Å². The maximum absolute atomic E-state index is 8.15. The third-order valence-corrected chi connectivity index (χ3v) is 10.8. The predicted molar refractivity (Wildman–Crippen MR) is 47.6 cm³/mol. The number of rotatable bonds is 2. The molecule has 0 atom stereocenters. The van der Waals surface area contributed by atoms with Crippen molar-refractivity contribution in [2.24, 2.45) is 0 Å². The van der Waals surface area contributed by atoms with Crippen molar-refractivity contribution in [2.45, 2.75) is 10.9 Å². The van der Waals surface area contributed by atoms with Gasteiger partial charge in [-0.05, 0) is 0 Å². The van der Waals surface area contributed by atoms with Crippen molar-refractivity contribution in [2.75, 3.05) is 0 Å². The van der Waals surface area contributed by atoms with Crippen molar-refractivity contribution >= 4 is 49.8 Å². The fourth-order valence-corrected chi connectivity index (χ4v) is 5.32. The topological polar surface area (TPSA) is 23.8 Å². The van der Waals surface area contributed by atoms with E-state index in [9.17, 15) is 0 Å². The maximum atomic E-state index is 8.15. The molecule has 8 heavy (non-hydrogen) atoms. The molecule has 0 aliphatic carbocycles. The van der Waals surface area contributed by atoms with Crippen LogP contribution in [0.25, 0.3) is 0 Å². The zero-order valence-corrected chi connectivity index (χ0v) is 11.6. The van der Waals surface area contributed by atoms with E-state index in [1.54, 1.807) is 0 Å². The van der Waals surface area contributed by atoms with Crippen LogP contribution < -0.4 is 0 Å². The molecule has 0 saturated carbocycles. The first-order valence-electron chi connectivity index (χ1n) is 2.00. The predicted octanol–water partition coefficient (Wildman–Crippen LogP) is 3.02. The quantitative estimate of drug-likeness (QED) is 0.640. The van der Waals surface area contributed by atoms with Crippen LogP contribution in [0.1, 0.15) is 6.42 Å². The summed E-state index contributed by atoms with van der Waals surface area (Å²) in [5.41, 5.74) is 0. The van der Waals surface area contributed by atoms with Gasteiger partial charge in [0.05, 0.1) is 0 Å². The van der Waals surface area contributed by atoms with E-state index in [1.165, 1.54) is 0 Å². The number of hydrogen-bond acceptors (Lipinski definition) is 1. The number of hydrogen-bond donors (Lipinski definition) is 0. The second kappa shape index (κ2) is 4.53. The summed E-state index contributed by atoms with van der Waals surface area (Å²) in [6, 6.07) is 2.09. The first kappa shape index (κ1) is 9.73. The molecule has 0 rings (SSSR count). The SMILES string of the molecule is N#CC[CH2][Sn]([Br])([Br])[Br]. The number of halogens is 3. The summed E-state index contributed by atoms with van der Waals surface area (Å²) in [4.78, 5) is 0. The molecule has 0 amide bonds. The average molecular weight is 412 g/mol. The van der Waals surface area contributed by atoms with E-state index >= 15 is 0 Å². The molecule has 0 saturated heterocycles. The van der Waals surface area contributed by atoms with Crippen molar-refractivity contribution in [3.05, 3.63) is 0 Å². The summed E-state index contributed by atoms with van der Waals surface area (Å²) in [5.74, 6) is 0. The standard InChI is InChI=1S/C3H4N.3BrH.Sn/c1-2-3-4;;;;/h1-2H2;3*1H;/q;;;;+3/p-3. The van der Waals surface area contributed by atoms with E-state index in [-0.39, 0.29) is 0 Å². The van der Waals surface area contributed by atoms with Crippen molar-refractivity contribution in [1.82, 2.24) is 0 Å². The Balaban J connectivity index is 3.28. The first-order valence-corrected chi connectivity index (χ1v) is 23.2. The molecule has 0 radical (unpaired) electrons. The average Bonchev–Trinajstić information content (AvgIpc) is 1.59. The van der Waals surface area contributed by atoms with Crippen molar-refractivity contribution in [1.29, 1.82) is 5.26 Å². The molecule has 46 valence electrons. The molecular weight excluding hydrogens is 408 g/mol. The molecule has 0 aromatic heterocycles. The van der Waals surface area contributed by atoms with Gasteiger partial charge in [0.2, 0.25) is 0 Å². The van der Waals surface area contributed by atoms with Gasteiger partial charge in [-0.2, -0.15) is 0 Å². The monoisotopic (exact) mass is 411 g/mol. The fraction of sp³-hybridized carbons (Fsp3) is 0.667. The Morgan fingerprint density at radius 1 is 1.38 bits per heavy atom. The number of nitriles is 1. The van der Waals surface area contributed by atoms with Crippen LogP contribution in [0, 0.1) is 11.3 Å². The molecule has 0 heterocycles. The Morgan fingerprint density at radius 3 is 2.00 bits per heavy atom. The minimum atomic E-state index is -2.09. The van der Waals surface area contributed by atoms with Crippen LogP contribution in [-0.2, 0) is 0 Å². The molecule has 0 fully saturated rings. The summed E-state index contributed by atoms with van der Waals surface area (Å²) in [6.07, 6.45) is 0.637. The van der Waals surface area contributed by atoms with Crippen LogP contribution >= 0.6 is 38.1 Å². The molecule has 1 nitrogen and oxygen atoms in total. The van der Waals surface area contributed by atoms with Gasteiger partial charge in [-0.15, -0.1) is 0 Å². The first-order chi connectivity index (χ1) is 3.56. The van der Waals surface area contributed by atoms with E-state index in [4.69, 9.17) is 5.26 Å². The van der Waals surface area contributed by atoms with E-state index in [2.05, 4.69) is 44.2 Å².